The standard InChI is InChI=1S/C9H14N2O6/c1-17-9(16)3-2-6(12)10-4-7(13)11-5-8(14)15/h2-5H2,1H3,(H,10,12)(H,11,13)(H,14,15). The Morgan fingerprint density at radius 3 is 2.12 bits per heavy atom. The summed E-state index contributed by atoms with van der Waals surface area (Å²) >= 11 is 0. The maximum absolute atomic E-state index is 11.1. The van der Waals surface area contributed by atoms with Crippen LogP contribution >= 0.6 is 0 Å². The first-order valence-electron chi connectivity index (χ1n) is 4.77. The molecule has 3 N–H and O–H groups in total. The van der Waals surface area contributed by atoms with E-state index >= 15 is 0 Å². The number of carbonyl (C=O) groups is 4. The highest BCUT2D eigenvalue weighted by molar-refractivity contribution is 5.87. The van der Waals surface area contributed by atoms with Gasteiger partial charge in [-0.3, -0.25) is 19.2 Å². The largest absolute Gasteiger partial charge is 0.480 e. The zero-order valence-electron chi connectivity index (χ0n) is 9.32. The minimum absolute atomic E-state index is 0.0704. The molecule has 0 aromatic rings. The van der Waals surface area contributed by atoms with Gasteiger partial charge in [0.1, 0.15) is 6.54 Å². The zero-order valence-corrected chi connectivity index (χ0v) is 9.32. The van der Waals surface area contributed by atoms with Gasteiger partial charge in [-0.15, -0.1) is 0 Å². The lowest BCUT2D eigenvalue weighted by Gasteiger charge is -2.04. The van der Waals surface area contributed by atoms with Crippen LogP contribution in [-0.4, -0.2) is 49.1 Å². The second kappa shape index (κ2) is 8.08. The summed E-state index contributed by atoms with van der Waals surface area (Å²) in [6, 6.07) is 0. The van der Waals surface area contributed by atoms with Crippen LogP contribution in [0.1, 0.15) is 12.8 Å². The van der Waals surface area contributed by atoms with E-state index in [4.69, 9.17) is 5.11 Å². The first kappa shape index (κ1) is 14.9. The Morgan fingerprint density at radius 2 is 1.59 bits per heavy atom. The number of hydrogen-bond acceptors (Lipinski definition) is 5. The first-order valence-corrected chi connectivity index (χ1v) is 4.77. The smallest absolute Gasteiger partial charge is 0.322 e. The van der Waals surface area contributed by atoms with Gasteiger partial charge in [0.15, 0.2) is 0 Å². The minimum Gasteiger partial charge on any atom is -0.480 e. The van der Waals surface area contributed by atoms with Crippen LogP contribution in [0.3, 0.4) is 0 Å². The van der Waals surface area contributed by atoms with Gasteiger partial charge < -0.3 is 20.5 Å². The molecule has 0 rings (SSSR count). The fraction of sp³-hybridized carbons (Fsp3) is 0.556. The molecule has 0 spiro atoms. The van der Waals surface area contributed by atoms with Crippen molar-refractivity contribution in [2.24, 2.45) is 0 Å². The van der Waals surface area contributed by atoms with Gasteiger partial charge in [0, 0.05) is 6.42 Å². The fourth-order valence-corrected chi connectivity index (χ4v) is 0.822. The Labute approximate surface area is 97.3 Å². The van der Waals surface area contributed by atoms with Crippen molar-refractivity contribution in [3.05, 3.63) is 0 Å². The molecule has 0 aromatic heterocycles. The van der Waals surface area contributed by atoms with Gasteiger partial charge in [-0.25, -0.2) is 0 Å². The average molecular weight is 246 g/mol. The molecule has 0 bridgehead atoms. The van der Waals surface area contributed by atoms with Crippen molar-refractivity contribution < 1.29 is 29.0 Å². The van der Waals surface area contributed by atoms with Gasteiger partial charge in [0.2, 0.25) is 11.8 Å². The van der Waals surface area contributed by atoms with Crippen molar-refractivity contribution in [1.29, 1.82) is 0 Å². The number of amides is 2. The molecule has 0 aliphatic heterocycles. The van der Waals surface area contributed by atoms with Crippen LogP contribution in [-0.2, 0) is 23.9 Å². The lowest BCUT2D eigenvalue weighted by molar-refractivity contribution is -0.142. The van der Waals surface area contributed by atoms with Crippen LogP contribution in [0.15, 0.2) is 0 Å². The Balaban J connectivity index is 3.66. The Bertz CT molecular complexity index is 315. The number of rotatable bonds is 7. The van der Waals surface area contributed by atoms with E-state index in [1.807, 2.05) is 0 Å². The van der Waals surface area contributed by atoms with Gasteiger partial charge in [-0.1, -0.05) is 0 Å². The maximum Gasteiger partial charge on any atom is 0.322 e. The third kappa shape index (κ3) is 8.85. The number of carbonyl (C=O) groups excluding carboxylic acids is 3. The van der Waals surface area contributed by atoms with Gasteiger partial charge in [0.05, 0.1) is 20.1 Å². The van der Waals surface area contributed by atoms with E-state index in [1.54, 1.807) is 0 Å². The van der Waals surface area contributed by atoms with Crippen molar-refractivity contribution in [3.63, 3.8) is 0 Å². The summed E-state index contributed by atoms with van der Waals surface area (Å²) in [6.45, 7) is -0.829. The number of nitrogens with one attached hydrogen (secondary N) is 2. The molecule has 0 fully saturated rings. The minimum atomic E-state index is -1.17. The van der Waals surface area contributed by atoms with Crippen LogP contribution in [0, 0.1) is 0 Å². The van der Waals surface area contributed by atoms with Crippen molar-refractivity contribution in [1.82, 2.24) is 10.6 Å². The summed E-state index contributed by atoms with van der Waals surface area (Å²) in [5, 5.41) is 12.6. The lowest BCUT2D eigenvalue weighted by Crippen LogP contribution is -2.39. The average Bonchev–Trinajstić information content (AvgIpc) is 2.30. The number of hydrogen-bond donors (Lipinski definition) is 3. The monoisotopic (exact) mass is 246 g/mol. The molecule has 0 radical (unpaired) electrons. The van der Waals surface area contributed by atoms with Crippen LogP contribution < -0.4 is 10.6 Å². The van der Waals surface area contributed by atoms with Gasteiger partial charge in [-0.05, 0) is 0 Å². The molecule has 17 heavy (non-hydrogen) atoms. The zero-order chi connectivity index (χ0) is 13.3. The third-order valence-electron chi connectivity index (χ3n) is 1.67. The highest BCUT2D eigenvalue weighted by atomic mass is 16.5. The van der Waals surface area contributed by atoms with E-state index < -0.39 is 30.3 Å². The van der Waals surface area contributed by atoms with Crippen LogP contribution in [0.5, 0.6) is 0 Å². The fourth-order valence-electron chi connectivity index (χ4n) is 0.822. The number of ether oxygens (including phenoxy) is 1. The second-order valence-corrected chi connectivity index (χ2v) is 3.02. The number of aliphatic carboxylic acids is 1. The summed E-state index contributed by atoms with van der Waals surface area (Å²) < 4.78 is 4.33. The van der Waals surface area contributed by atoms with Crippen molar-refractivity contribution in [3.8, 4) is 0 Å². The van der Waals surface area contributed by atoms with E-state index in [0.717, 1.165) is 0 Å². The van der Waals surface area contributed by atoms with E-state index in [-0.39, 0.29) is 19.4 Å². The van der Waals surface area contributed by atoms with Crippen molar-refractivity contribution in [2.45, 2.75) is 12.8 Å². The molecule has 0 saturated carbocycles. The molecule has 0 atom stereocenters. The normalized spacial score (nSPS) is 9.24. The Kier molecular flexibility index (Phi) is 7.07. The first-order chi connectivity index (χ1) is 7.95. The predicted octanol–water partition coefficient (Wildman–Crippen LogP) is -1.74. The second-order valence-electron chi connectivity index (χ2n) is 3.02. The molecule has 8 nitrogen and oxygen atoms in total. The molecule has 0 aliphatic rings. The molecular weight excluding hydrogens is 232 g/mol. The van der Waals surface area contributed by atoms with Gasteiger partial charge in [-0.2, -0.15) is 0 Å². The molecule has 8 heteroatoms. The summed E-state index contributed by atoms with van der Waals surface area (Å²) in [7, 11) is 1.21. The number of methoxy groups -OCH3 is 1. The summed E-state index contributed by atoms with van der Waals surface area (Å²) in [5.41, 5.74) is 0. The molecule has 2 amide bonds. The molecule has 0 heterocycles. The SMILES string of the molecule is COC(=O)CCC(=O)NCC(=O)NCC(=O)O. The highest BCUT2D eigenvalue weighted by Gasteiger charge is 2.08. The molecule has 0 aromatic carbocycles. The summed E-state index contributed by atoms with van der Waals surface area (Å²) in [6.07, 6.45) is -0.155. The molecular formula is C9H14N2O6. The van der Waals surface area contributed by atoms with Gasteiger partial charge in [0.25, 0.3) is 0 Å². The third-order valence-corrected chi connectivity index (χ3v) is 1.67. The number of carboxylic acid groups (broad SMARTS) is 1. The quantitative estimate of drug-likeness (QED) is 0.458. The van der Waals surface area contributed by atoms with Crippen LogP contribution in [0.2, 0.25) is 0 Å². The van der Waals surface area contributed by atoms with E-state index in [2.05, 4.69) is 15.4 Å². The van der Waals surface area contributed by atoms with Crippen LogP contribution in [0.4, 0.5) is 0 Å². The molecule has 0 unspecified atom stereocenters. The summed E-state index contributed by atoms with van der Waals surface area (Å²) in [5.74, 6) is -2.79. The number of carboxylic acids is 1. The van der Waals surface area contributed by atoms with E-state index in [1.165, 1.54) is 7.11 Å². The van der Waals surface area contributed by atoms with Gasteiger partial charge >= 0.3 is 11.9 Å². The molecule has 0 aliphatic carbocycles. The maximum atomic E-state index is 11.1. The predicted molar refractivity (Wildman–Crippen MR) is 54.9 cm³/mol. The van der Waals surface area contributed by atoms with E-state index in [9.17, 15) is 19.2 Å². The van der Waals surface area contributed by atoms with E-state index in [0.29, 0.717) is 0 Å². The van der Waals surface area contributed by atoms with Crippen molar-refractivity contribution in [2.75, 3.05) is 20.2 Å². The Hall–Kier alpha value is -2.12. The highest BCUT2D eigenvalue weighted by Crippen LogP contribution is 1.90. The topological polar surface area (TPSA) is 122 Å². The molecule has 96 valence electrons. The lowest BCUT2D eigenvalue weighted by atomic mass is 10.3. The number of esters is 1. The summed E-state index contributed by atoms with van der Waals surface area (Å²) in [4.78, 5) is 42.8. The van der Waals surface area contributed by atoms with Crippen molar-refractivity contribution >= 4 is 23.8 Å². The Morgan fingerprint density at radius 1 is 1.00 bits per heavy atom. The van der Waals surface area contributed by atoms with Crippen LogP contribution in [0.25, 0.3) is 0 Å². The molecule has 0 saturated heterocycles.